The van der Waals surface area contributed by atoms with Gasteiger partial charge in [0, 0.05) is 13.1 Å². The second-order valence-corrected chi connectivity index (χ2v) is 5.01. The number of β-amino-alcohol motifs (C(OH)–C–C–N with tert-alkyl or cyclic N) is 1. The van der Waals surface area contributed by atoms with Gasteiger partial charge in [-0.1, -0.05) is 0 Å². The molecular formula is C11H18F3N3O3. The van der Waals surface area contributed by atoms with Crippen molar-refractivity contribution >= 4 is 11.8 Å². The van der Waals surface area contributed by atoms with Crippen molar-refractivity contribution in [2.75, 3.05) is 26.2 Å². The average Bonchev–Trinajstić information content (AvgIpc) is 2.25. The lowest BCUT2D eigenvalue weighted by Crippen LogP contribution is -2.53. The van der Waals surface area contributed by atoms with E-state index < -0.39 is 36.7 Å². The summed E-state index contributed by atoms with van der Waals surface area (Å²) in [7, 11) is 0. The molecule has 0 aromatic rings. The molecule has 9 heteroatoms. The Bertz CT molecular complexity index is 376. The van der Waals surface area contributed by atoms with Crippen molar-refractivity contribution in [1.82, 2.24) is 10.2 Å². The van der Waals surface area contributed by atoms with Crippen LogP contribution in [0.3, 0.4) is 0 Å². The minimum absolute atomic E-state index is 0.0948. The van der Waals surface area contributed by atoms with E-state index in [1.165, 1.54) is 4.90 Å². The molecule has 1 aliphatic heterocycles. The molecular weight excluding hydrogens is 279 g/mol. The van der Waals surface area contributed by atoms with E-state index in [4.69, 9.17) is 5.73 Å². The molecule has 1 aliphatic rings. The van der Waals surface area contributed by atoms with E-state index in [2.05, 4.69) is 0 Å². The van der Waals surface area contributed by atoms with Gasteiger partial charge in [0.1, 0.15) is 0 Å². The number of primary amides is 1. The number of amides is 2. The Morgan fingerprint density at radius 1 is 1.40 bits per heavy atom. The molecule has 1 rings (SSSR count). The van der Waals surface area contributed by atoms with Crippen LogP contribution in [0.2, 0.25) is 0 Å². The van der Waals surface area contributed by atoms with Crippen LogP contribution in [0.25, 0.3) is 0 Å². The van der Waals surface area contributed by atoms with Gasteiger partial charge < -0.3 is 21.1 Å². The van der Waals surface area contributed by atoms with Gasteiger partial charge in [-0.15, -0.1) is 0 Å². The Kier molecular flexibility index (Phi) is 5.35. The fourth-order valence-corrected chi connectivity index (χ4v) is 2.22. The monoisotopic (exact) mass is 297 g/mol. The number of nitrogens with one attached hydrogen (secondary N) is 1. The molecule has 1 saturated heterocycles. The van der Waals surface area contributed by atoms with Crippen LogP contribution in [0.1, 0.15) is 19.3 Å². The first kappa shape index (κ1) is 16.7. The number of piperidine rings is 1. The maximum absolute atomic E-state index is 11.9. The summed E-state index contributed by atoms with van der Waals surface area (Å²) in [4.78, 5) is 23.8. The normalized spacial score (nSPS) is 23.7. The van der Waals surface area contributed by atoms with E-state index in [1.807, 2.05) is 5.32 Å². The highest BCUT2D eigenvalue weighted by atomic mass is 19.4. The number of carbonyl (C=O) groups excluding carboxylic acids is 2. The topological polar surface area (TPSA) is 95.7 Å². The summed E-state index contributed by atoms with van der Waals surface area (Å²) in [6.07, 6.45) is -3.86. The van der Waals surface area contributed by atoms with E-state index in [0.29, 0.717) is 19.4 Å². The predicted octanol–water partition coefficient (Wildman–Crippen LogP) is -0.633. The largest absolute Gasteiger partial charge is 0.401 e. The Labute approximate surface area is 114 Å². The lowest BCUT2D eigenvalue weighted by molar-refractivity contribution is -0.143. The van der Waals surface area contributed by atoms with E-state index in [0.717, 1.165) is 0 Å². The Balaban J connectivity index is 2.46. The molecule has 0 spiro atoms. The fourth-order valence-electron chi connectivity index (χ4n) is 2.22. The van der Waals surface area contributed by atoms with E-state index in [9.17, 15) is 27.9 Å². The third kappa shape index (κ3) is 5.74. The third-order valence-corrected chi connectivity index (χ3v) is 3.01. The first-order valence-electron chi connectivity index (χ1n) is 6.17. The molecule has 1 heterocycles. The SMILES string of the molecule is NC(=O)CC1(O)CCCN(C(=O)CNCC(F)(F)F)C1. The summed E-state index contributed by atoms with van der Waals surface area (Å²) in [5, 5.41) is 12.1. The molecule has 0 radical (unpaired) electrons. The van der Waals surface area contributed by atoms with Gasteiger partial charge in [0.25, 0.3) is 0 Å². The van der Waals surface area contributed by atoms with Gasteiger partial charge in [0.2, 0.25) is 11.8 Å². The Morgan fingerprint density at radius 3 is 2.60 bits per heavy atom. The number of hydrogen-bond donors (Lipinski definition) is 3. The molecule has 4 N–H and O–H groups in total. The van der Waals surface area contributed by atoms with Crippen molar-refractivity contribution < 1.29 is 27.9 Å². The molecule has 0 aromatic carbocycles. The van der Waals surface area contributed by atoms with E-state index >= 15 is 0 Å². The highest BCUT2D eigenvalue weighted by Crippen LogP contribution is 2.24. The lowest BCUT2D eigenvalue weighted by Gasteiger charge is -2.38. The summed E-state index contributed by atoms with van der Waals surface area (Å²) in [5.41, 5.74) is 3.63. The lowest BCUT2D eigenvalue weighted by atomic mass is 9.89. The van der Waals surface area contributed by atoms with Crippen LogP contribution in [0.15, 0.2) is 0 Å². The van der Waals surface area contributed by atoms with Crippen LogP contribution in [0.4, 0.5) is 13.2 Å². The zero-order valence-corrected chi connectivity index (χ0v) is 10.9. The van der Waals surface area contributed by atoms with Crippen molar-refractivity contribution in [1.29, 1.82) is 0 Å². The quantitative estimate of drug-likeness (QED) is 0.629. The van der Waals surface area contributed by atoms with Crippen LogP contribution in [-0.4, -0.2) is 59.8 Å². The molecule has 116 valence electrons. The minimum Gasteiger partial charge on any atom is -0.388 e. The summed E-state index contributed by atoms with van der Waals surface area (Å²) in [6.45, 7) is -1.47. The summed E-state index contributed by atoms with van der Waals surface area (Å²) in [5.74, 6) is -1.23. The maximum atomic E-state index is 11.9. The van der Waals surface area contributed by atoms with Gasteiger partial charge in [-0.3, -0.25) is 9.59 Å². The number of likely N-dealkylation sites (tertiary alicyclic amines) is 1. The Hall–Kier alpha value is -1.35. The highest BCUT2D eigenvalue weighted by Gasteiger charge is 2.36. The van der Waals surface area contributed by atoms with Crippen LogP contribution in [-0.2, 0) is 9.59 Å². The molecule has 6 nitrogen and oxygen atoms in total. The van der Waals surface area contributed by atoms with Crippen LogP contribution < -0.4 is 11.1 Å². The smallest absolute Gasteiger partial charge is 0.388 e. The molecule has 0 aliphatic carbocycles. The molecule has 0 saturated carbocycles. The van der Waals surface area contributed by atoms with E-state index in [-0.39, 0.29) is 13.0 Å². The van der Waals surface area contributed by atoms with Crippen LogP contribution >= 0.6 is 0 Å². The van der Waals surface area contributed by atoms with Crippen molar-refractivity contribution in [3.8, 4) is 0 Å². The van der Waals surface area contributed by atoms with Crippen LogP contribution in [0.5, 0.6) is 0 Å². The molecule has 0 aromatic heterocycles. The zero-order chi connectivity index (χ0) is 15.4. The number of nitrogens with two attached hydrogens (primary N) is 1. The highest BCUT2D eigenvalue weighted by molar-refractivity contribution is 5.79. The molecule has 2 amide bonds. The number of carbonyl (C=O) groups is 2. The molecule has 1 fully saturated rings. The van der Waals surface area contributed by atoms with Gasteiger partial charge in [0.05, 0.1) is 25.1 Å². The summed E-state index contributed by atoms with van der Waals surface area (Å²) < 4.78 is 35.8. The number of nitrogens with zero attached hydrogens (tertiary/aromatic N) is 1. The number of alkyl halides is 3. The van der Waals surface area contributed by atoms with E-state index in [1.54, 1.807) is 0 Å². The van der Waals surface area contributed by atoms with Crippen molar-refractivity contribution in [3.63, 3.8) is 0 Å². The maximum Gasteiger partial charge on any atom is 0.401 e. The number of aliphatic hydroxyl groups is 1. The third-order valence-electron chi connectivity index (χ3n) is 3.01. The minimum atomic E-state index is -4.38. The average molecular weight is 297 g/mol. The fraction of sp³-hybridized carbons (Fsp3) is 0.818. The first-order valence-corrected chi connectivity index (χ1v) is 6.17. The second-order valence-electron chi connectivity index (χ2n) is 5.01. The van der Waals surface area contributed by atoms with Gasteiger partial charge in [-0.05, 0) is 12.8 Å². The van der Waals surface area contributed by atoms with Gasteiger partial charge in [0.15, 0.2) is 0 Å². The number of hydrogen-bond acceptors (Lipinski definition) is 4. The zero-order valence-electron chi connectivity index (χ0n) is 10.9. The van der Waals surface area contributed by atoms with Crippen molar-refractivity contribution in [3.05, 3.63) is 0 Å². The summed E-state index contributed by atoms with van der Waals surface area (Å²) >= 11 is 0. The standard InChI is InChI=1S/C11H18F3N3O3/c12-11(13,14)6-16-5-9(19)17-3-1-2-10(20,7-17)4-8(15)18/h16,20H,1-7H2,(H2,15,18). The molecule has 1 atom stereocenters. The summed E-state index contributed by atoms with van der Waals surface area (Å²) in [6, 6.07) is 0. The van der Waals surface area contributed by atoms with Crippen molar-refractivity contribution in [2.45, 2.75) is 31.0 Å². The van der Waals surface area contributed by atoms with Crippen LogP contribution in [0, 0.1) is 0 Å². The molecule has 0 bridgehead atoms. The van der Waals surface area contributed by atoms with Gasteiger partial charge in [-0.25, -0.2) is 0 Å². The molecule has 1 unspecified atom stereocenters. The number of rotatable bonds is 5. The van der Waals surface area contributed by atoms with Gasteiger partial charge in [-0.2, -0.15) is 13.2 Å². The predicted molar refractivity (Wildman–Crippen MR) is 63.5 cm³/mol. The molecule has 20 heavy (non-hydrogen) atoms. The van der Waals surface area contributed by atoms with Crippen molar-refractivity contribution in [2.24, 2.45) is 5.73 Å². The Morgan fingerprint density at radius 2 is 2.05 bits per heavy atom. The first-order chi connectivity index (χ1) is 9.11. The second kappa shape index (κ2) is 6.40. The van der Waals surface area contributed by atoms with Gasteiger partial charge >= 0.3 is 6.18 Å². The number of halogens is 3.